The molecule has 2 aromatic heterocycles. The number of aryl methyl sites for hydroxylation is 1. The third-order valence-electron chi connectivity index (χ3n) is 2.61. The molecule has 108 valence electrons. The van der Waals surface area contributed by atoms with Crippen molar-refractivity contribution in [3.8, 4) is 6.08 Å². The number of aromatic nitrogens is 4. The smallest absolute Gasteiger partial charge is 0.417 e. The normalized spacial score (nSPS) is 10.8. The number of nitrogens with zero attached hydrogens (tertiary/aromatic N) is 4. The Morgan fingerprint density at radius 2 is 2.00 bits per heavy atom. The van der Waals surface area contributed by atoms with Gasteiger partial charge in [0.05, 0.1) is 0 Å². The first-order valence-corrected chi connectivity index (χ1v) is 6.18. The summed E-state index contributed by atoms with van der Waals surface area (Å²) in [6.45, 7) is 1.74. The molecule has 0 bridgehead atoms. The molecule has 0 spiro atoms. The molecule has 21 heavy (non-hydrogen) atoms. The highest BCUT2D eigenvalue weighted by Crippen LogP contribution is 2.13. The Morgan fingerprint density at radius 1 is 1.19 bits per heavy atom. The fourth-order valence-electron chi connectivity index (χ4n) is 1.67. The summed E-state index contributed by atoms with van der Waals surface area (Å²) in [5, 5.41) is 11.2. The minimum Gasteiger partial charge on any atom is -0.439 e. The number of hydrogen-bond donors (Lipinski definition) is 0. The Hall–Kier alpha value is -2.77. The van der Waals surface area contributed by atoms with Crippen LogP contribution in [0.3, 0.4) is 0 Å². The summed E-state index contributed by atoms with van der Waals surface area (Å²) in [5.41, 5.74) is 0.872. The molecule has 0 fully saturated rings. The van der Waals surface area contributed by atoms with Gasteiger partial charge in [-0.2, -0.15) is 4.98 Å². The molecule has 0 radical (unpaired) electrons. The van der Waals surface area contributed by atoms with E-state index < -0.39 is 0 Å². The largest absolute Gasteiger partial charge is 0.439 e. The maximum atomic E-state index is 12.8. The fourth-order valence-corrected chi connectivity index (χ4v) is 1.67. The average molecular weight is 290 g/mol. The number of rotatable bonds is 5. The minimum absolute atomic E-state index is 0.0166. The van der Waals surface area contributed by atoms with Gasteiger partial charge in [-0.05, 0) is 17.7 Å². The van der Waals surface area contributed by atoms with Gasteiger partial charge in [0, 0.05) is 13.3 Å². The monoisotopic (exact) mass is 290 g/mol. The van der Waals surface area contributed by atoms with Crippen molar-refractivity contribution < 1.29 is 18.1 Å². The lowest BCUT2D eigenvalue weighted by molar-refractivity contribution is 0.175. The van der Waals surface area contributed by atoms with Gasteiger partial charge in [0.1, 0.15) is 5.82 Å². The third kappa shape index (κ3) is 3.41. The van der Waals surface area contributed by atoms with Crippen molar-refractivity contribution in [2.75, 3.05) is 0 Å². The zero-order chi connectivity index (χ0) is 14.7. The van der Waals surface area contributed by atoms with E-state index in [2.05, 4.69) is 20.3 Å². The second-order valence-corrected chi connectivity index (χ2v) is 4.28. The highest BCUT2D eigenvalue weighted by atomic mass is 19.1. The molecule has 0 aliphatic heterocycles. The predicted octanol–water partition coefficient (Wildman–Crippen LogP) is 2.07. The first-order chi connectivity index (χ1) is 10.2. The van der Waals surface area contributed by atoms with E-state index >= 15 is 0 Å². The first-order valence-electron chi connectivity index (χ1n) is 6.18. The first kappa shape index (κ1) is 13.2. The van der Waals surface area contributed by atoms with Crippen molar-refractivity contribution in [2.24, 2.45) is 0 Å². The maximum Gasteiger partial charge on any atom is 0.417 e. The number of ether oxygens (including phenoxy) is 1. The summed E-state index contributed by atoms with van der Waals surface area (Å²) >= 11 is 0. The molecule has 0 unspecified atom stereocenters. The number of hydrogen-bond acceptors (Lipinski definition) is 7. The summed E-state index contributed by atoms with van der Waals surface area (Å²) < 4.78 is 28.1. The van der Waals surface area contributed by atoms with Gasteiger partial charge < -0.3 is 9.15 Å². The van der Waals surface area contributed by atoms with E-state index in [4.69, 9.17) is 13.7 Å². The molecule has 0 atom stereocenters. The van der Waals surface area contributed by atoms with Gasteiger partial charge in [-0.25, -0.2) is 4.39 Å². The van der Waals surface area contributed by atoms with E-state index in [1.54, 1.807) is 19.1 Å². The molecule has 2 heterocycles. The van der Waals surface area contributed by atoms with E-state index in [1.807, 2.05) is 0 Å². The minimum atomic E-state index is -0.286. The summed E-state index contributed by atoms with van der Waals surface area (Å²) in [7, 11) is 0. The molecule has 0 aliphatic carbocycles. The van der Waals surface area contributed by atoms with Crippen LogP contribution in [0, 0.1) is 12.7 Å². The van der Waals surface area contributed by atoms with Gasteiger partial charge in [-0.3, -0.25) is 4.52 Å². The molecule has 0 aliphatic rings. The zero-order valence-corrected chi connectivity index (χ0v) is 11.1. The molecule has 8 heteroatoms. The molecule has 3 rings (SSSR count). The molecule has 1 aromatic carbocycles. The molecule has 0 saturated carbocycles. The highest BCUT2D eigenvalue weighted by Gasteiger charge is 2.10. The molecular weight excluding hydrogens is 279 g/mol. The van der Waals surface area contributed by atoms with Crippen LogP contribution in [-0.2, 0) is 13.0 Å². The second-order valence-electron chi connectivity index (χ2n) is 4.28. The lowest BCUT2D eigenvalue weighted by atomic mass is 10.1. The van der Waals surface area contributed by atoms with Crippen LogP contribution in [0.2, 0.25) is 0 Å². The molecule has 0 saturated heterocycles. The Kier molecular flexibility index (Phi) is 3.59. The second kappa shape index (κ2) is 5.70. The van der Waals surface area contributed by atoms with Crippen molar-refractivity contribution in [3.05, 3.63) is 53.3 Å². The number of benzene rings is 1. The van der Waals surface area contributed by atoms with E-state index in [9.17, 15) is 4.39 Å². The van der Waals surface area contributed by atoms with Crippen molar-refractivity contribution in [3.63, 3.8) is 0 Å². The lowest BCUT2D eigenvalue weighted by Crippen LogP contribution is -1.96. The summed E-state index contributed by atoms with van der Waals surface area (Å²) in [4.78, 5) is 4.07. The van der Waals surface area contributed by atoms with E-state index in [1.165, 1.54) is 12.1 Å². The number of halogens is 1. The summed E-state index contributed by atoms with van der Waals surface area (Å²) in [6, 6.07) is 6.08. The van der Waals surface area contributed by atoms with Crippen LogP contribution in [0.25, 0.3) is 0 Å². The van der Waals surface area contributed by atoms with Crippen LogP contribution in [0.1, 0.15) is 23.2 Å². The van der Waals surface area contributed by atoms with Crippen LogP contribution in [-0.4, -0.2) is 20.3 Å². The van der Waals surface area contributed by atoms with Crippen molar-refractivity contribution >= 4 is 0 Å². The van der Waals surface area contributed by atoms with Crippen molar-refractivity contribution in [2.45, 2.75) is 20.0 Å². The van der Waals surface area contributed by atoms with Crippen LogP contribution >= 0.6 is 0 Å². The maximum absolute atomic E-state index is 12.8. The van der Waals surface area contributed by atoms with Crippen molar-refractivity contribution in [1.82, 2.24) is 20.3 Å². The van der Waals surface area contributed by atoms with Crippen molar-refractivity contribution in [1.29, 1.82) is 0 Å². The van der Waals surface area contributed by atoms with Gasteiger partial charge in [-0.1, -0.05) is 17.3 Å². The standard InChI is InChI=1S/C13H11FN4O3/c1-8-16-17-12(20-8)7-19-13-15-11(18-21-13)6-9-2-4-10(14)5-3-9/h2-5H,6-7H2,1H3. The van der Waals surface area contributed by atoms with E-state index in [0.717, 1.165) is 5.56 Å². The molecule has 0 amide bonds. The summed E-state index contributed by atoms with van der Waals surface area (Å²) in [6.07, 6.45) is 0.440. The molecular formula is C13H11FN4O3. The van der Waals surface area contributed by atoms with Crippen LogP contribution in [0.5, 0.6) is 6.08 Å². The van der Waals surface area contributed by atoms with E-state index in [-0.39, 0.29) is 18.5 Å². The SMILES string of the molecule is Cc1nnc(COc2nc(Cc3ccc(F)cc3)no2)o1. The molecule has 3 aromatic rings. The Bertz CT molecular complexity index is 723. The zero-order valence-electron chi connectivity index (χ0n) is 11.1. The quantitative estimate of drug-likeness (QED) is 0.710. The third-order valence-corrected chi connectivity index (χ3v) is 2.61. The van der Waals surface area contributed by atoms with Gasteiger partial charge in [0.2, 0.25) is 5.89 Å². The van der Waals surface area contributed by atoms with Crippen LogP contribution in [0.4, 0.5) is 4.39 Å². The van der Waals surface area contributed by atoms with Gasteiger partial charge in [0.25, 0.3) is 5.89 Å². The molecule has 0 N–H and O–H groups in total. The molecule has 7 nitrogen and oxygen atoms in total. The topological polar surface area (TPSA) is 87.1 Å². The average Bonchev–Trinajstić information content (AvgIpc) is 3.08. The summed E-state index contributed by atoms with van der Waals surface area (Å²) in [5.74, 6) is 0.936. The van der Waals surface area contributed by atoms with Crippen LogP contribution in [0.15, 0.2) is 33.2 Å². The lowest BCUT2D eigenvalue weighted by Gasteiger charge is -1.96. The Balaban J connectivity index is 1.59. The van der Waals surface area contributed by atoms with Gasteiger partial charge in [0.15, 0.2) is 12.4 Å². The Labute approximate surface area is 118 Å². The fraction of sp³-hybridized carbons (Fsp3) is 0.231. The predicted molar refractivity (Wildman–Crippen MR) is 66.9 cm³/mol. The van der Waals surface area contributed by atoms with Crippen LogP contribution < -0.4 is 4.74 Å². The van der Waals surface area contributed by atoms with Gasteiger partial charge >= 0.3 is 6.08 Å². The Morgan fingerprint density at radius 3 is 2.71 bits per heavy atom. The highest BCUT2D eigenvalue weighted by molar-refractivity contribution is 5.19. The van der Waals surface area contributed by atoms with Gasteiger partial charge in [-0.15, -0.1) is 10.2 Å². The van der Waals surface area contributed by atoms with E-state index in [0.29, 0.717) is 24.0 Å².